The van der Waals surface area contributed by atoms with Gasteiger partial charge in [0.25, 0.3) is 0 Å². The van der Waals surface area contributed by atoms with Gasteiger partial charge in [-0.1, -0.05) is 6.92 Å². The monoisotopic (exact) mass is 281 g/mol. The van der Waals surface area contributed by atoms with Gasteiger partial charge in [0, 0.05) is 12.6 Å². The van der Waals surface area contributed by atoms with E-state index in [1.54, 1.807) is 19.9 Å². The van der Waals surface area contributed by atoms with Crippen molar-refractivity contribution in [3.05, 3.63) is 11.9 Å². The Labute approximate surface area is 120 Å². The Hall–Kier alpha value is -1.85. The first kappa shape index (κ1) is 16.2. The van der Waals surface area contributed by atoms with Gasteiger partial charge in [-0.25, -0.2) is 4.98 Å². The fourth-order valence-corrected chi connectivity index (χ4v) is 1.82. The van der Waals surface area contributed by atoms with Crippen molar-refractivity contribution in [3.8, 4) is 5.88 Å². The molecule has 0 N–H and O–H groups in total. The summed E-state index contributed by atoms with van der Waals surface area (Å²) in [4.78, 5) is 22.1. The number of ether oxygens (including phenoxy) is 2. The number of aromatic nitrogens is 2. The van der Waals surface area contributed by atoms with E-state index in [9.17, 15) is 4.79 Å². The number of carbonyl (C=O) groups excluding carboxylic acids is 1. The fourth-order valence-electron chi connectivity index (χ4n) is 1.82. The maximum Gasteiger partial charge on any atom is 0.325 e. The maximum absolute atomic E-state index is 11.7. The van der Waals surface area contributed by atoms with Crippen molar-refractivity contribution in [2.24, 2.45) is 0 Å². The van der Waals surface area contributed by atoms with Crippen molar-refractivity contribution in [3.63, 3.8) is 0 Å². The third kappa shape index (κ3) is 5.03. The van der Waals surface area contributed by atoms with Crippen molar-refractivity contribution in [2.75, 3.05) is 31.2 Å². The van der Waals surface area contributed by atoms with Gasteiger partial charge in [-0.3, -0.25) is 4.79 Å². The number of hydrogen-bond acceptors (Lipinski definition) is 6. The predicted molar refractivity (Wildman–Crippen MR) is 77.1 cm³/mol. The summed E-state index contributed by atoms with van der Waals surface area (Å²) in [6.07, 6.45) is 0.909. The molecular weight excluding hydrogens is 258 g/mol. The van der Waals surface area contributed by atoms with E-state index in [-0.39, 0.29) is 12.5 Å². The Morgan fingerprint density at radius 3 is 2.60 bits per heavy atom. The summed E-state index contributed by atoms with van der Waals surface area (Å²) < 4.78 is 10.4. The molecule has 0 aliphatic carbocycles. The number of carbonyl (C=O) groups is 1. The van der Waals surface area contributed by atoms with Gasteiger partial charge in [-0.05, 0) is 27.2 Å². The Kier molecular flexibility index (Phi) is 6.76. The van der Waals surface area contributed by atoms with E-state index in [1.165, 1.54) is 0 Å². The summed E-state index contributed by atoms with van der Waals surface area (Å²) >= 11 is 0. The van der Waals surface area contributed by atoms with Gasteiger partial charge in [-0.15, -0.1) is 0 Å². The highest BCUT2D eigenvalue weighted by Gasteiger charge is 2.15. The lowest BCUT2D eigenvalue weighted by molar-refractivity contribution is -0.141. The number of esters is 1. The second-order valence-corrected chi connectivity index (χ2v) is 4.27. The lowest BCUT2D eigenvalue weighted by Gasteiger charge is -2.22. The summed E-state index contributed by atoms with van der Waals surface area (Å²) in [5.41, 5.74) is 0. The van der Waals surface area contributed by atoms with Crippen molar-refractivity contribution in [1.29, 1.82) is 0 Å². The first-order valence-corrected chi connectivity index (χ1v) is 6.99. The molecule has 0 aliphatic heterocycles. The Bertz CT molecular complexity index is 438. The van der Waals surface area contributed by atoms with E-state index in [1.807, 2.05) is 11.8 Å². The second-order valence-electron chi connectivity index (χ2n) is 4.27. The van der Waals surface area contributed by atoms with Crippen LogP contribution in [0.1, 0.15) is 33.0 Å². The molecule has 0 radical (unpaired) electrons. The first-order chi connectivity index (χ1) is 9.60. The molecule has 0 atom stereocenters. The summed E-state index contributed by atoms with van der Waals surface area (Å²) in [7, 11) is 0. The van der Waals surface area contributed by atoms with E-state index in [2.05, 4.69) is 16.9 Å². The van der Waals surface area contributed by atoms with Crippen LogP contribution in [0.5, 0.6) is 5.88 Å². The number of rotatable bonds is 8. The normalized spacial score (nSPS) is 10.2. The highest BCUT2D eigenvalue weighted by Crippen LogP contribution is 2.18. The van der Waals surface area contributed by atoms with E-state index in [4.69, 9.17) is 9.47 Å². The van der Waals surface area contributed by atoms with Gasteiger partial charge < -0.3 is 14.4 Å². The van der Waals surface area contributed by atoms with Gasteiger partial charge in [0.05, 0.1) is 13.2 Å². The van der Waals surface area contributed by atoms with Crippen molar-refractivity contribution < 1.29 is 14.3 Å². The van der Waals surface area contributed by atoms with Gasteiger partial charge in [0.1, 0.15) is 18.2 Å². The molecule has 0 spiro atoms. The van der Waals surface area contributed by atoms with E-state index >= 15 is 0 Å². The lowest BCUT2D eigenvalue weighted by atomic mass is 10.3. The summed E-state index contributed by atoms with van der Waals surface area (Å²) in [6.45, 7) is 9.39. The molecular formula is C14H23N3O3. The second kappa shape index (κ2) is 8.35. The predicted octanol–water partition coefficient (Wildman–Crippen LogP) is 1.96. The minimum absolute atomic E-state index is 0.184. The van der Waals surface area contributed by atoms with Crippen LogP contribution >= 0.6 is 0 Å². The Morgan fingerprint density at radius 1 is 1.25 bits per heavy atom. The van der Waals surface area contributed by atoms with Crippen LogP contribution in [0.25, 0.3) is 0 Å². The third-order valence-corrected chi connectivity index (χ3v) is 2.54. The lowest BCUT2D eigenvalue weighted by Crippen LogP contribution is -2.32. The highest BCUT2D eigenvalue weighted by molar-refractivity contribution is 5.75. The van der Waals surface area contributed by atoms with Crippen molar-refractivity contribution in [2.45, 2.75) is 34.1 Å². The van der Waals surface area contributed by atoms with Gasteiger partial charge in [0.15, 0.2) is 0 Å². The molecule has 0 aromatic carbocycles. The number of anilines is 1. The van der Waals surface area contributed by atoms with E-state index < -0.39 is 0 Å². The summed E-state index contributed by atoms with van der Waals surface area (Å²) in [5.74, 6) is 1.59. The molecule has 1 heterocycles. The molecule has 1 rings (SSSR count). The largest absolute Gasteiger partial charge is 0.478 e. The standard InChI is InChI=1S/C14H23N3O3/c1-5-8-17(10-14(18)20-7-3)12-9-13(19-6-2)16-11(4)15-12/h9H,5-8,10H2,1-4H3. The average Bonchev–Trinajstić information content (AvgIpc) is 2.38. The van der Waals surface area contributed by atoms with Crippen LogP contribution in [0.3, 0.4) is 0 Å². The Balaban J connectivity index is 2.92. The van der Waals surface area contributed by atoms with Crippen LogP contribution in [0.2, 0.25) is 0 Å². The van der Waals surface area contributed by atoms with Gasteiger partial charge in [-0.2, -0.15) is 4.98 Å². The van der Waals surface area contributed by atoms with Gasteiger partial charge >= 0.3 is 5.97 Å². The molecule has 0 amide bonds. The zero-order valence-corrected chi connectivity index (χ0v) is 12.7. The molecule has 0 bridgehead atoms. The molecule has 112 valence electrons. The van der Waals surface area contributed by atoms with Crippen LogP contribution in [0.15, 0.2) is 6.07 Å². The van der Waals surface area contributed by atoms with Crippen LogP contribution < -0.4 is 9.64 Å². The molecule has 6 nitrogen and oxygen atoms in total. The summed E-state index contributed by atoms with van der Waals surface area (Å²) in [6, 6.07) is 1.76. The molecule has 0 saturated carbocycles. The molecule has 20 heavy (non-hydrogen) atoms. The minimum atomic E-state index is -0.254. The van der Waals surface area contributed by atoms with Crippen LogP contribution in [-0.2, 0) is 9.53 Å². The number of hydrogen-bond donors (Lipinski definition) is 0. The quantitative estimate of drug-likeness (QED) is 0.679. The SMILES string of the molecule is CCCN(CC(=O)OCC)c1cc(OCC)nc(C)n1. The maximum atomic E-state index is 11.7. The average molecular weight is 281 g/mol. The molecule has 0 aliphatic rings. The third-order valence-electron chi connectivity index (χ3n) is 2.54. The molecule has 6 heteroatoms. The van der Waals surface area contributed by atoms with E-state index in [0.29, 0.717) is 30.7 Å². The highest BCUT2D eigenvalue weighted by atomic mass is 16.5. The zero-order chi connectivity index (χ0) is 15.0. The zero-order valence-electron chi connectivity index (χ0n) is 12.7. The first-order valence-electron chi connectivity index (χ1n) is 6.99. The van der Waals surface area contributed by atoms with E-state index in [0.717, 1.165) is 13.0 Å². The molecule has 1 aromatic heterocycles. The van der Waals surface area contributed by atoms with Crippen LogP contribution in [0, 0.1) is 6.92 Å². The van der Waals surface area contributed by atoms with Crippen LogP contribution in [0.4, 0.5) is 5.82 Å². The summed E-state index contributed by atoms with van der Waals surface area (Å²) in [5, 5.41) is 0. The molecule has 0 saturated heterocycles. The number of nitrogens with zero attached hydrogens (tertiary/aromatic N) is 3. The Morgan fingerprint density at radius 2 is 2.00 bits per heavy atom. The molecule has 0 unspecified atom stereocenters. The van der Waals surface area contributed by atoms with Gasteiger partial charge in [0.2, 0.25) is 5.88 Å². The topological polar surface area (TPSA) is 64.6 Å². The minimum Gasteiger partial charge on any atom is -0.478 e. The van der Waals surface area contributed by atoms with Crippen molar-refractivity contribution >= 4 is 11.8 Å². The smallest absolute Gasteiger partial charge is 0.325 e. The fraction of sp³-hybridized carbons (Fsp3) is 0.643. The van der Waals surface area contributed by atoms with Crippen molar-refractivity contribution in [1.82, 2.24) is 9.97 Å². The molecule has 0 fully saturated rings. The van der Waals surface area contributed by atoms with Crippen LogP contribution in [-0.4, -0.2) is 42.2 Å². The molecule has 1 aromatic rings. The number of aryl methyl sites for hydroxylation is 1.